The third-order valence-electron chi connectivity index (χ3n) is 3.19. The molecule has 1 aromatic rings. The van der Waals surface area contributed by atoms with E-state index in [1.807, 2.05) is 6.08 Å². The molecule has 16 heavy (non-hydrogen) atoms. The van der Waals surface area contributed by atoms with Crippen LogP contribution >= 0.6 is 11.3 Å². The van der Waals surface area contributed by atoms with Crippen LogP contribution in [0.5, 0.6) is 0 Å². The van der Waals surface area contributed by atoms with Crippen molar-refractivity contribution in [2.24, 2.45) is 0 Å². The highest BCUT2D eigenvalue weighted by Gasteiger charge is 2.25. The quantitative estimate of drug-likeness (QED) is 0.805. The van der Waals surface area contributed by atoms with Gasteiger partial charge in [-0.05, 0) is 40.8 Å². The molecule has 1 unspecified atom stereocenters. The summed E-state index contributed by atoms with van der Waals surface area (Å²) in [4.78, 5) is 11.8. The number of ketones is 1. The Morgan fingerprint density at radius 2 is 2.38 bits per heavy atom. The lowest BCUT2D eigenvalue weighted by Crippen LogP contribution is -2.31. The Labute approximate surface area is 98.7 Å². The first-order valence-corrected chi connectivity index (χ1v) is 6.50. The van der Waals surface area contributed by atoms with Crippen molar-refractivity contribution in [3.8, 4) is 0 Å². The molecule has 0 amide bonds. The zero-order chi connectivity index (χ0) is 11.0. The molecule has 0 spiro atoms. The minimum atomic E-state index is 0.234. The molecule has 3 heteroatoms. The van der Waals surface area contributed by atoms with E-state index >= 15 is 0 Å². The standard InChI is InChI=1S/C13H13NOS/c15-12-3-1-2-9-4-5-11(14-13(9)12)10-6-7-16-8-10/h1-2,6-8,11,14H,3-5H2. The van der Waals surface area contributed by atoms with Crippen molar-refractivity contribution >= 4 is 17.1 Å². The Balaban J connectivity index is 1.88. The SMILES string of the molecule is O=C1CC=CC2=C1NC(c1ccsc1)CC2. The molecule has 1 aliphatic heterocycles. The Hall–Kier alpha value is -1.35. The van der Waals surface area contributed by atoms with Gasteiger partial charge >= 0.3 is 0 Å². The number of nitrogens with one attached hydrogen (secondary N) is 1. The van der Waals surface area contributed by atoms with E-state index in [1.54, 1.807) is 11.3 Å². The van der Waals surface area contributed by atoms with Crippen LogP contribution in [0.3, 0.4) is 0 Å². The van der Waals surface area contributed by atoms with Crippen LogP contribution in [0.15, 0.2) is 40.2 Å². The number of rotatable bonds is 1. The van der Waals surface area contributed by atoms with Crippen molar-refractivity contribution in [3.05, 3.63) is 45.8 Å². The maximum Gasteiger partial charge on any atom is 0.182 e. The molecular weight excluding hydrogens is 218 g/mol. The van der Waals surface area contributed by atoms with Gasteiger partial charge in [-0.3, -0.25) is 4.79 Å². The first-order chi connectivity index (χ1) is 7.84. The number of thiophene rings is 1. The maximum absolute atomic E-state index is 11.8. The molecule has 0 saturated heterocycles. The minimum absolute atomic E-state index is 0.234. The number of allylic oxidation sites excluding steroid dienone is 4. The molecule has 0 bridgehead atoms. The summed E-state index contributed by atoms with van der Waals surface area (Å²) >= 11 is 1.71. The molecule has 1 aromatic heterocycles. The van der Waals surface area contributed by atoms with Gasteiger partial charge in [0.1, 0.15) is 0 Å². The fourth-order valence-corrected chi connectivity index (χ4v) is 3.04. The average molecular weight is 231 g/mol. The van der Waals surface area contributed by atoms with E-state index in [1.165, 1.54) is 11.1 Å². The second-order valence-corrected chi connectivity index (χ2v) is 5.00. The van der Waals surface area contributed by atoms with Gasteiger partial charge in [0.25, 0.3) is 0 Å². The van der Waals surface area contributed by atoms with Gasteiger partial charge in [0, 0.05) is 6.42 Å². The Bertz CT molecular complexity index is 470. The van der Waals surface area contributed by atoms with Gasteiger partial charge in [0.15, 0.2) is 5.78 Å². The number of Topliss-reactive ketones (excluding diaryl/α,β-unsaturated/α-hetero) is 1. The summed E-state index contributed by atoms with van der Waals surface area (Å²) in [6.45, 7) is 0. The molecule has 82 valence electrons. The van der Waals surface area contributed by atoms with E-state index in [0.29, 0.717) is 12.5 Å². The fourth-order valence-electron chi connectivity index (χ4n) is 2.32. The van der Waals surface area contributed by atoms with Crippen LogP contribution in [0, 0.1) is 0 Å². The van der Waals surface area contributed by atoms with Crippen molar-refractivity contribution in [3.63, 3.8) is 0 Å². The van der Waals surface area contributed by atoms with E-state index < -0.39 is 0 Å². The Kier molecular flexibility index (Phi) is 2.40. The first-order valence-electron chi connectivity index (χ1n) is 5.56. The molecule has 2 nitrogen and oxygen atoms in total. The minimum Gasteiger partial charge on any atom is -0.375 e. The van der Waals surface area contributed by atoms with Gasteiger partial charge in [-0.1, -0.05) is 12.2 Å². The van der Waals surface area contributed by atoms with Gasteiger partial charge < -0.3 is 5.32 Å². The van der Waals surface area contributed by atoms with Crippen molar-refractivity contribution in [2.45, 2.75) is 25.3 Å². The van der Waals surface area contributed by atoms with Crippen molar-refractivity contribution in [1.82, 2.24) is 5.32 Å². The van der Waals surface area contributed by atoms with Crippen LogP contribution in [0.2, 0.25) is 0 Å². The highest BCUT2D eigenvalue weighted by Crippen LogP contribution is 2.32. The second kappa shape index (κ2) is 3.91. The van der Waals surface area contributed by atoms with Crippen molar-refractivity contribution in [2.75, 3.05) is 0 Å². The lowest BCUT2D eigenvalue weighted by atomic mass is 9.90. The largest absolute Gasteiger partial charge is 0.375 e. The van der Waals surface area contributed by atoms with Gasteiger partial charge in [-0.15, -0.1) is 0 Å². The lowest BCUT2D eigenvalue weighted by molar-refractivity contribution is -0.115. The number of hydrogen-bond acceptors (Lipinski definition) is 3. The summed E-state index contributed by atoms with van der Waals surface area (Å²) in [7, 11) is 0. The van der Waals surface area contributed by atoms with Crippen molar-refractivity contribution in [1.29, 1.82) is 0 Å². The highest BCUT2D eigenvalue weighted by molar-refractivity contribution is 7.07. The van der Waals surface area contributed by atoms with Crippen LogP contribution < -0.4 is 5.32 Å². The van der Waals surface area contributed by atoms with E-state index in [-0.39, 0.29) is 5.78 Å². The van der Waals surface area contributed by atoms with Gasteiger partial charge in [0.2, 0.25) is 0 Å². The van der Waals surface area contributed by atoms with Gasteiger partial charge in [-0.25, -0.2) is 0 Å². The van der Waals surface area contributed by atoms with Crippen LogP contribution in [0.4, 0.5) is 0 Å². The number of hydrogen-bond donors (Lipinski definition) is 1. The normalized spacial score (nSPS) is 24.2. The van der Waals surface area contributed by atoms with E-state index in [9.17, 15) is 4.79 Å². The van der Waals surface area contributed by atoms with Gasteiger partial charge in [-0.2, -0.15) is 11.3 Å². The van der Waals surface area contributed by atoms with E-state index in [2.05, 4.69) is 28.2 Å². The molecule has 2 aliphatic rings. The first kappa shape index (κ1) is 9.85. The van der Waals surface area contributed by atoms with E-state index in [4.69, 9.17) is 0 Å². The maximum atomic E-state index is 11.8. The molecule has 2 heterocycles. The number of carbonyl (C=O) groups excluding carboxylic acids is 1. The predicted molar refractivity (Wildman–Crippen MR) is 65.2 cm³/mol. The molecule has 0 fully saturated rings. The second-order valence-electron chi connectivity index (χ2n) is 4.22. The fraction of sp³-hybridized carbons (Fsp3) is 0.308. The third kappa shape index (κ3) is 1.61. The highest BCUT2D eigenvalue weighted by atomic mass is 32.1. The molecule has 1 aliphatic carbocycles. The molecule has 1 atom stereocenters. The topological polar surface area (TPSA) is 29.1 Å². The molecule has 0 radical (unpaired) electrons. The summed E-state index contributed by atoms with van der Waals surface area (Å²) < 4.78 is 0. The molecule has 1 N–H and O–H groups in total. The Morgan fingerprint density at radius 3 is 3.19 bits per heavy atom. The van der Waals surface area contributed by atoms with Crippen LogP contribution in [0.1, 0.15) is 30.9 Å². The summed E-state index contributed by atoms with van der Waals surface area (Å²) in [6.07, 6.45) is 6.68. The summed E-state index contributed by atoms with van der Waals surface area (Å²) in [5.74, 6) is 0.234. The molecular formula is C13H13NOS. The molecule has 0 aromatic carbocycles. The van der Waals surface area contributed by atoms with Gasteiger partial charge in [0.05, 0.1) is 11.7 Å². The monoisotopic (exact) mass is 231 g/mol. The summed E-state index contributed by atoms with van der Waals surface area (Å²) in [5.41, 5.74) is 3.34. The van der Waals surface area contributed by atoms with E-state index in [0.717, 1.165) is 18.5 Å². The summed E-state index contributed by atoms with van der Waals surface area (Å²) in [5, 5.41) is 7.64. The van der Waals surface area contributed by atoms with Crippen LogP contribution in [-0.4, -0.2) is 5.78 Å². The number of carbonyl (C=O) groups is 1. The van der Waals surface area contributed by atoms with Crippen molar-refractivity contribution < 1.29 is 4.79 Å². The third-order valence-corrected chi connectivity index (χ3v) is 3.89. The average Bonchev–Trinajstić information content (AvgIpc) is 2.83. The zero-order valence-electron chi connectivity index (χ0n) is 8.90. The summed E-state index contributed by atoms with van der Waals surface area (Å²) in [6, 6.07) is 2.46. The molecule has 0 saturated carbocycles. The Morgan fingerprint density at radius 1 is 1.44 bits per heavy atom. The lowest BCUT2D eigenvalue weighted by Gasteiger charge is -2.29. The predicted octanol–water partition coefficient (Wildman–Crippen LogP) is 2.96. The van der Waals surface area contributed by atoms with Crippen LogP contribution in [0.25, 0.3) is 0 Å². The molecule has 3 rings (SSSR count). The van der Waals surface area contributed by atoms with Crippen LogP contribution in [-0.2, 0) is 4.79 Å². The zero-order valence-corrected chi connectivity index (χ0v) is 9.72. The smallest absolute Gasteiger partial charge is 0.182 e.